The number of hydrogen-bond acceptors (Lipinski definition) is 5. The van der Waals surface area contributed by atoms with E-state index in [0.717, 1.165) is 0 Å². The molecular weight excluding hydrogens is 410 g/mol. The highest BCUT2D eigenvalue weighted by molar-refractivity contribution is 7.91. The van der Waals surface area contributed by atoms with Crippen molar-refractivity contribution in [3.63, 3.8) is 0 Å². The maximum absolute atomic E-state index is 13.1. The monoisotopic (exact) mass is 433 g/mol. The number of rotatable bonds is 4. The van der Waals surface area contributed by atoms with Gasteiger partial charge in [-0.25, -0.2) is 8.42 Å². The number of sulfonamides is 1. The van der Waals surface area contributed by atoms with Crippen molar-refractivity contribution < 1.29 is 18.0 Å². The van der Waals surface area contributed by atoms with Gasteiger partial charge in [-0.2, -0.15) is 4.31 Å². The van der Waals surface area contributed by atoms with Crippen LogP contribution in [0.2, 0.25) is 0 Å². The number of piperazine rings is 1. The molecule has 154 valence electrons. The van der Waals surface area contributed by atoms with Crippen molar-refractivity contribution in [2.24, 2.45) is 0 Å². The summed E-state index contributed by atoms with van der Waals surface area (Å²) in [5.41, 5.74) is 0.635. The van der Waals surface area contributed by atoms with E-state index in [1.165, 1.54) is 15.6 Å². The number of carbonyl (C=O) groups excluding carboxylic acids is 2. The predicted octanol–water partition coefficient (Wildman–Crippen LogP) is 1.89. The Morgan fingerprint density at radius 3 is 2.24 bits per heavy atom. The van der Waals surface area contributed by atoms with E-state index in [1.54, 1.807) is 39.4 Å². The van der Waals surface area contributed by atoms with Crippen LogP contribution in [0.4, 0.5) is 0 Å². The average Bonchev–Trinajstić information content (AvgIpc) is 3.46. The van der Waals surface area contributed by atoms with Gasteiger partial charge in [-0.15, -0.1) is 11.3 Å². The molecule has 0 saturated carbocycles. The first-order valence-electron chi connectivity index (χ1n) is 9.67. The van der Waals surface area contributed by atoms with Crippen molar-refractivity contribution in [2.75, 3.05) is 32.7 Å². The first kappa shape index (κ1) is 20.1. The third-order valence-corrected chi connectivity index (χ3v) is 8.73. The van der Waals surface area contributed by atoms with E-state index in [9.17, 15) is 18.0 Å². The molecule has 7 nitrogen and oxygen atoms in total. The van der Waals surface area contributed by atoms with Crippen LogP contribution in [0.15, 0.2) is 52.1 Å². The molecule has 0 spiro atoms. The molecule has 2 aliphatic rings. The molecule has 9 heteroatoms. The number of carbonyl (C=O) groups is 2. The average molecular weight is 434 g/mol. The van der Waals surface area contributed by atoms with Gasteiger partial charge in [0.1, 0.15) is 10.3 Å². The van der Waals surface area contributed by atoms with E-state index in [2.05, 4.69) is 0 Å². The zero-order valence-electron chi connectivity index (χ0n) is 15.9. The molecule has 0 N–H and O–H groups in total. The van der Waals surface area contributed by atoms with Crippen molar-refractivity contribution >= 4 is 33.2 Å². The highest BCUT2D eigenvalue weighted by Crippen LogP contribution is 2.29. The third-order valence-electron chi connectivity index (χ3n) is 5.45. The minimum absolute atomic E-state index is 0.0412. The van der Waals surface area contributed by atoms with Gasteiger partial charge in [0, 0.05) is 38.3 Å². The quantitative estimate of drug-likeness (QED) is 0.738. The van der Waals surface area contributed by atoms with Crippen molar-refractivity contribution in [3.8, 4) is 0 Å². The Balaban J connectivity index is 1.41. The summed E-state index contributed by atoms with van der Waals surface area (Å²) in [5, 5.41) is 1.72. The molecule has 0 bridgehead atoms. The molecule has 2 amide bonds. The Labute approximate surface area is 174 Å². The summed E-state index contributed by atoms with van der Waals surface area (Å²) < 4.78 is 27.4. The van der Waals surface area contributed by atoms with Crippen molar-refractivity contribution in [1.29, 1.82) is 0 Å². The topological polar surface area (TPSA) is 78.0 Å². The largest absolute Gasteiger partial charge is 0.338 e. The molecule has 2 fully saturated rings. The number of nitrogens with zero attached hydrogens (tertiary/aromatic N) is 3. The van der Waals surface area contributed by atoms with E-state index < -0.39 is 16.1 Å². The summed E-state index contributed by atoms with van der Waals surface area (Å²) in [6.07, 6.45) is 1.21. The normalized spacial score (nSPS) is 20.8. The molecular formula is C20H23N3O4S2. The van der Waals surface area contributed by atoms with Gasteiger partial charge in [0.25, 0.3) is 15.9 Å². The van der Waals surface area contributed by atoms with Crippen LogP contribution in [0.5, 0.6) is 0 Å². The van der Waals surface area contributed by atoms with Gasteiger partial charge in [0.05, 0.1) is 0 Å². The lowest BCUT2D eigenvalue weighted by atomic mass is 10.1. The van der Waals surface area contributed by atoms with Gasteiger partial charge in [0.15, 0.2) is 0 Å². The maximum atomic E-state index is 13.1. The van der Waals surface area contributed by atoms with E-state index in [4.69, 9.17) is 0 Å². The van der Waals surface area contributed by atoms with Crippen molar-refractivity contribution in [3.05, 3.63) is 53.4 Å². The van der Waals surface area contributed by atoms with Crippen molar-refractivity contribution in [2.45, 2.75) is 23.1 Å². The smallest absolute Gasteiger partial charge is 0.253 e. The fourth-order valence-electron chi connectivity index (χ4n) is 3.90. The van der Waals surface area contributed by atoms with Crippen LogP contribution in [0, 0.1) is 0 Å². The summed E-state index contributed by atoms with van der Waals surface area (Å²) in [4.78, 5) is 29.1. The Kier molecular flexibility index (Phi) is 5.71. The molecule has 1 aromatic heterocycles. The van der Waals surface area contributed by atoms with Gasteiger partial charge in [-0.3, -0.25) is 9.59 Å². The lowest BCUT2D eigenvalue weighted by Crippen LogP contribution is -2.55. The Bertz CT molecular complexity index is 968. The highest BCUT2D eigenvalue weighted by Gasteiger charge is 2.42. The SMILES string of the molecule is O=C(c1ccccc1)N1CCN(C(=O)C2CCCN2S(=O)(=O)c2cccs2)CC1. The predicted molar refractivity (Wildman–Crippen MR) is 110 cm³/mol. The second-order valence-electron chi connectivity index (χ2n) is 7.19. The molecule has 4 rings (SSSR count). The molecule has 1 unspecified atom stereocenters. The number of thiophene rings is 1. The van der Waals surface area contributed by atoms with Gasteiger partial charge in [-0.05, 0) is 36.4 Å². The van der Waals surface area contributed by atoms with Gasteiger partial charge in [-0.1, -0.05) is 24.3 Å². The lowest BCUT2D eigenvalue weighted by Gasteiger charge is -2.37. The van der Waals surface area contributed by atoms with Crippen LogP contribution in [0.25, 0.3) is 0 Å². The second kappa shape index (κ2) is 8.25. The molecule has 29 heavy (non-hydrogen) atoms. The molecule has 1 aromatic carbocycles. The Morgan fingerprint density at radius 1 is 0.897 bits per heavy atom. The summed E-state index contributed by atoms with van der Waals surface area (Å²) in [5.74, 6) is -0.199. The van der Waals surface area contributed by atoms with Crippen LogP contribution in [-0.2, 0) is 14.8 Å². The Hall–Kier alpha value is -2.23. The van der Waals surface area contributed by atoms with Crippen LogP contribution in [0.3, 0.4) is 0 Å². The maximum Gasteiger partial charge on any atom is 0.253 e. The fourth-order valence-corrected chi connectivity index (χ4v) is 6.67. The van der Waals surface area contributed by atoms with Gasteiger partial charge >= 0.3 is 0 Å². The summed E-state index contributed by atoms with van der Waals surface area (Å²) in [7, 11) is -3.65. The van der Waals surface area contributed by atoms with Gasteiger partial charge in [0.2, 0.25) is 5.91 Å². The molecule has 2 aromatic rings. The molecule has 0 aliphatic carbocycles. The molecule has 2 aliphatic heterocycles. The van der Waals surface area contributed by atoms with Crippen LogP contribution >= 0.6 is 11.3 Å². The zero-order chi connectivity index (χ0) is 20.4. The fraction of sp³-hybridized carbons (Fsp3) is 0.400. The first-order valence-corrected chi connectivity index (χ1v) is 12.0. The van der Waals surface area contributed by atoms with Crippen LogP contribution < -0.4 is 0 Å². The minimum atomic E-state index is -3.65. The summed E-state index contributed by atoms with van der Waals surface area (Å²) >= 11 is 1.17. The first-order chi connectivity index (χ1) is 14.0. The number of hydrogen-bond donors (Lipinski definition) is 0. The van der Waals surface area contributed by atoms with E-state index >= 15 is 0 Å². The van der Waals surface area contributed by atoms with E-state index in [1.807, 2.05) is 18.2 Å². The second-order valence-corrected chi connectivity index (χ2v) is 10.3. The molecule has 2 saturated heterocycles. The number of amides is 2. The summed E-state index contributed by atoms with van der Waals surface area (Å²) in [6.45, 7) is 2.10. The van der Waals surface area contributed by atoms with Crippen molar-refractivity contribution in [1.82, 2.24) is 14.1 Å². The molecule has 3 heterocycles. The summed E-state index contributed by atoms with van der Waals surface area (Å²) in [6, 6.07) is 11.7. The third kappa shape index (κ3) is 3.94. The van der Waals surface area contributed by atoms with E-state index in [0.29, 0.717) is 51.1 Å². The Morgan fingerprint density at radius 2 is 1.59 bits per heavy atom. The van der Waals surface area contributed by atoms with Crippen LogP contribution in [-0.4, -0.2) is 73.1 Å². The lowest BCUT2D eigenvalue weighted by molar-refractivity contribution is -0.136. The zero-order valence-corrected chi connectivity index (χ0v) is 17.6. The van der Waals surface area contributed by atoms with Crippen LogP contribution in [0.1, 0.15) is 23.2 Å². The molecule has 1 atom stereocenters. The van der Waals surface area contributed by atoms with E-state index in [-0.39, 0.29) is 16.0 Å². The minimum Gasteiger partial charge on any atom is -0.338 e. The molecule has 0 radical (unpaired) electrons. The number of benzene rings is 1. The standard InChI is InChI=1S/C20H23N3O4S2/c24-19(16-6-2-1-3-7-16)21-11-13-22(14-12-21)20(25)17-8-4-10-23(17)29(26,27)18-9-5-15-28-18/h1-3,5-7,9,15,17H,4,8,10-14H2. The highest BCUT2D eigenvalue weighted by atomic mass is 32.2. The van der Waals surface area contributed by atoms with Gasteiger partial charge < -0.3 is 9.80 Å².